The minimum atomic E-state index is 0. The fourth-order valence-electron chi connectivity index (χ4n) is 0.738. The van der Waals surface area contributed by atoms with Gasteiger partial charge < -0.3 is 16.5 Å². The molecule has 0 spiro atoms. The number of para-hydroxylation sites is 1. The summed E-state index contributed by atoms with van der Waals surface area (Å²) in [6.07, 6.45) is 3.70. The van der Waals surface area contributed by atoms with Crippen molar-refractivity contribution in [1.82, 2.24) is 0 Å². The van der Waals surface area contributed by atoms with Gasteiger partial charge in [-0.1, -0.05) is 12.1 Å². The Hall–Kier alpha value is -0.0326. The molecule has 0 saturated heterocycles. The van der Waals surface area contributed by atoms with Crippen LogP contribution in [0.1, 0.15) is 0 Å². The Labute approximate surface area is 83.7 Å². The van der Waals surface area contributed by atoms with Crippen molar-refractivity contribution in [3.8, 4) is 5.75 Å². The van der Waals surface area contributed by atoms with E-state index in [0.29, 0.717) is 0 Å². The van der Waals surface area contributed by atoms with Gasteiger partial charge in [-0.15, -0.1) is 0 Å². The van der Waals surface area contributed by atoms with Gasteiger partial charge in [0.2, 0.25) is 0 Å². The van der Waals surface area contributed by atoms with E-state index >= 15 is 0 Å². The van der Waals surface area contributed by atoms with Crippen molar-refractivity contribution in [2.45, 2.75) is 4.90 Å². The molecule has 0 aromatic heterocycles. The van der Waals surface area contributed by atoms with Crippen LogP contribution in [0.2, 0.25) is 0 Å². The third-order valence-electron chi connectivity index (χ3n) is 1.22. The summed E-state index contributed by atoms with van der Waals surface area (Å²) < 4.78 is 5.08. The van der Waals surface area contributed by atoms with Crippen molar-refractivity contribution >= 4 is 11.8 Å². The maximum absolute atomic E-state index is 5.08. The summed E-state index contributed by atoms with van der Waals surface area (Å²) in [4.78, 5) is 1.07. The summed E-state index contributed by atoms with van der Waals surface area (Å²) >= 11 is 1.44. The fraction of sp³-hybridized carbons (Fsp3) is 0.125. The van der Waals surface area contributed by atoms with Crippen LogP contribution in [0.4, 0.5) is 0 Å². The average Bonchev–Trinajstić information content (AvgIpc) is 2.04. The molecule has 0 unspecified atom stereocenters. The molecule has 1 rings (SSSR count). The average molecular weight is 160 g/mol. The predicted octanol–water partition coefficient (Wildman–Crippen LogP) is -0.417. The van der Waals surface area contributed by atoms with Crippen molar-refractivity contribution in [3.63, 3.8) is 0 Å². The molecular formula is C8H9LiOS. The van der Waals surface area contributed by atoms with Crippen LogP contribution in [0, 0.1) is 6.26 Å². The monoisotopic (exact) mass is 160 g/mol. The number of hydrogen-bond donors (Lipinski definition) is 0. The van der Waals surface area contributed by atoms with Gasteiger partial charge in [0.05, 0.1) is 7.11 Å². The topological polar surface area (TPSA) is 9.23 Å². The van der Waals surface area contributed by atoms with Crippen LogP contribution in [-0.4, -0.2) is 7.11 Å². The molecule has 1 aromatic carbocycles. The summed E-state index contributed by atoms with van der Waals surface area (Å²) in [5.74, 6) is 0.891. The third-order valence-corrected chi connectivity index (χ3v) is 1.87. The van der Waals surface area contributed by atoms with Gasteiger partial charge in [-0.25, -0.2) is 0 Å². The molecule has 0 fully saturated rings. The molecule has 1 nitrogen and oxygen atoms in total. The SMILES string of the molecule is [CH2-]Sc1ccccc1OC.[Li+]. The first-order chi connectivity index (χ1) is 4.88. The molecule has 0 aliphatic carbocycles. The van der Waals surface area contributed by atoms with Crippen molar-refractivity contribution in [2.75, 3.05) is 7.11 Å². The summed E-state index contributed by atoms with van der Waals surface area (Å²) in [6.45, 7) is 0. The van der Waals surface area contributed by atoms with E-state index in [2.05, 4.69) is 6.26 Å². The van der Waals surface area contributed by atoms with E-state index in [0.717, 1.165) is 10.6 Å². The van der Waals surface area contributed by atoms with E-state index in [1.807, 2.05) is 24.3 Å². The Balaban J connectivity index is 0.000001000. The van der Waals surface area contributed by atoms with Crippen LogP contribution in [0.15, 0.2) is 29.2 Å². The molecule has 0 bridgehead atoms. The molecule has 0 atom stereocenters. The van der Waals surface area contributed by atoms with Crippen LogP contribution in [-0.2, 0) is 0 Å². The van der Waals surface area contributed by atoms with E-state index in [4.69, 9.17) is 4.74 Å². The Morgan fingerprint density at radius 2 is 2.00 bits per heavy atom. The van der Waals surface area contributed by atoms with Gasteiger partial charge in [0.25, 0.3) is 0 Å². The maximum atomic E-state index is 5.08. The van der Waals surface area contributed by atoms with E-state index < -0.39 is 0 Å². The molecule has 0 heterocycles. The fourth-order valence-corrected chi connectivity index (χ4v) is 1.21. The quantitative estimate of drug-likeness (QED) is 0.330. The molecule has 0 radical (unpaired) electrons. The van der Waals surface area contributed by atoms with E-state index in [-0.39, 0.29) is 18.9 Å². The molecule has 1 aromatic rings. The molecule has 3 heteroatoms. The minimum absolute atomic E-state index is 0. The van der Waals surface area contributed by atoms with Crippen molar-refractivity contribution in [1.29, 1.82) is 0 Å². The second-order valence-corrected chi connectivity index (χ2v) is 2.52. The Morgan fingerprint density at radius 1 is 1.36 bits per heavy atom. The van der Waals surface area contributed by atoms with Crippen LogP contribution in [0.5, 0.6) is 5.75 Å². The van der Waals surface area contributed by atoms with Gasteiger partial charge in [0.15, 0.2) is 0 Å². The molecule has 0 aliphatic heterocycles. The summed E-state index contributed by atoms with van der Waals surface area (Å²) in [5.41, 5.74) is 0. The van der Waals surface area contributed by atoms with Gasteiger partial charge in [-0.3, -0.25) is 6.26 Å². The third kappa shape index (κ3) is 2.82. The first-order valence-electron chi connectivity index (χ1n) is 2.93. The van der Waals surface area contributed by atoms with Gasteiger partial charge >= 0.3 is 18.9 Å². The number of rotatable bonds is 2. The summed E-state index contributed by atoms with van der Waals surface area (Å²) in [7, 11) is 1.66. The summed E-state index contributed by atoms with van der Waals surface area (Å²) in [6, 6.07) is 7.82. The largest absolute Gasteiger partial charge is 1.00 e. The van der Waals surface area contributed by atoms with Gasteiger partial charge in [-0.2, -0.15) is 0 Å². The number of benzene rings is 1. The number of hydrogen-bond acceptors (Lipinski definition) is 2. The van der Waals surface area contributed by atoms with E-state index in [1.54, 1.807) is 7.11 Å². The second-order valence-electron chi connectivity index (χ2n) is 1.80. The summed E-state index contributed by atoms with van der Waals surface area (Å²) in [5, 5.41) is 0. The molecule has 54 valence electrons. The second kappa shape index (κ2) is 5.60. The van der Waals surface area contributed by atoms with Crippen molar-refractivity contribution in [3.05, 3.63) is 30.5 Å². The number of thioether (sulfide) groups is 1. The zero-order valence-corrected chi connectivity index (χ0v) is 7.65. The molecule has 0 aliphatic rings. The Kier molecular flexibility index (Phi) is 5.58. The number of ether oxygens (including phenoxy) is 1. The Bertz CT molecular complexity index is 192. The Morgan fingerprint density at radius 3 is 2.45 bits per heavy atom. The minimum Gasteiger partial charge on any atom is -0.496 e. The first kappa shape index (κ1) is 11.0. The smallest absolute Gasteiger partial charge is 0.496 e. The standard InChI is InChI=1S/C8H9OS.Li/c1-9-7-5-3-4-6-8(7)10-2;/h3-6H,2H2,1H3;/q-1;+1. The molecule has 0 amide bonds. The zero-order chi connectivity index (χ0) is 7.40. The zero-order valence-electron chi connectivity index (χ0n) is 6.83. The number of methoxy groups -OCH3 is 1. The molecule has 0 N–H and O–H groups in total. The van der Waals surface area contributed by atoms with Gasteiger partial charge in [-0.05, 0) is 12.1 Å². The van der Waals surface area contributed by atoms with Crippen LogP contribution in [0.3, 0.4) is 0 Å². The van der Waals surface area contributed by atoms with E-state index in [9.17, 15) is 0 Å². The van der Waals surface area contributed by atoms with Crippen LogP contribution in [0.25, 0.3) is 0 Å². The van der Waals surface area contributed by atoms with Gasteiger partial charge in [0.1, 0.15) is 5.75 Å². The molecule has 11 heavy (non-hydrogen) atoms. The molecular weight excluding hydrogens is 151 g/mol. The van der Waals surface area contributed by atoms with Crippen molar-refractivity contribution in [2.24, 2.45) is 0 Å². The normalized spacial score (nSPS) is 8.55. The first-order valence-corrected chi connectivity index (χ1v) is 3.92. The van der Waals surface area contributed by atoms with Crippen LogP contribution < -0.4 is 23.6 Å². The predicted molar refractivity (Wildman–Crippen MR) is 44.2 cm³/mol. The maximum Gasteiger partial charge on any atom is 1.00 e. The van der Waals surface area contributed by atoms with Crippen LogP contribution >= 0.6 is 11.8 Å². The van der Waals surface area contributed by atoms with Gasteiger partial charge in [0, 0.05) is 4.90 Å². The molecule has 0 saturated carbocycles. The van der Waals surface area contributed by atoms with E-state index in [1.165, 1.54) is 11.8 Å². The van der Waals surface area contributed by atoms with Crippen molar-refractivity contribution < 1.29 is 23.6 Å².